The number of aliphatic carboxylic acids is 2. The van der Waals surface area contributed by atoms with Gasteiger partial charge in [0.15, 0.2) is 5.60 Å². The average Bonchev–Trinajstić information content (AvgIpc) is 3.01. The first-order chi connectivity index (χ1) is 15.8. The lowest BCUT2D eigenvalue weighted by molar-refractivity contribution is -0.157. The minimum atomic E-state index is -2.25. The fourth-order valence-electron chi connectivity index (χ4n) is 3.38. The number of amides is 2. The zero-order chi connectivity index (χ0) is 25.6. The number of carbonyl (C=O) groups excluding carboxylic acids is 3. The van der Waals surface area contributed by atoms with E-state index in [0.29, 0.717) is 0 Å². The van der Waals surface area contributed by atoms with Crippen LogP contribution in [0.25, 0.3) is 0 Å². The van der Waals surface area contributed by atoms with E-state index < -0.39 is 73.6 Å². The van der Waals surface area contributed by atoms with Gasteiger partial charge in [0, 0.05) is 5.02 Å². The summed E-state index contributed by atoms with van der Waals surface area (Å²) in [5, 5.41) is 23.1. The summed E-state index contributed by atoms with van der Waals surface area (Å²) >= 11 is 5.76. The first kappa shape index (κ1) is 27.1. The van der Waals surface area contributed by atoms with E-state index in [1.807, 2.05) is 0 Å². The van der Waals surface area contributed by atoms with E-state index in [4.69, 9.17) is 31.1 Å². The number of rotatable bonds is 11. The maximum absolute atomic E-state index is 13.8. The second kappa shape index (κ2) is 11.3. The quantitative estimate of drug-likeness (QED) is 0.324. The molecule has 0 spiro atoms. The van der Waals surface area contributed by atoms with Gasteiger partial charge < -0.3 is 30.2 Å². The topological polar surface area (TPSA) is 168 Å². The number of carboxylic acids is 2. The molecule has 34 heavy (non-hydrogen) atoms. The van der Waals surface area contributed by atoms with Crippen LogP contribution in [0.2, 0.25) is 5.02 Å². The lowest BCUT2D eigenvalue weighted by atomic mass is 9.74. The molecule has 2 amide bonds. The van der Waals surface area contributed by atoms with Crippen LogP contribution in [0.5, 0.6) is 0 Å². The third-order valence-electron chi connectivity index (χ3n) is 4.79. The van der Waals surface area contributed by atoms with Crippen molar-refractivity contribution in [2.24, 2.45) is 5.92 Å². The summed E-state index contributed by atoms with van der Waals surface area (Å²) in [6.45, 7) is 3.01. The molecule has 184 valence electrons. The van der Waals surface area contributed by atoms with Crippen LogP contribution in [0.3, 0.4) is 0 Å². The smallest absolute Gasteiger partial charge is 0.506 e. The minimum Gasteiger partial charge on any atom is -0.506 e. The summed E-state index contributed by atoms with van der Waals surface area (Å²) in [6, 6.07) is 3.36. The Morgan fingerprint density at radius 2 is 1.79 bits per heavy atom. The number of nitrogens with one attached hydrogen (secondary N) is 2. The Bertz CT molecular complexity index is 975. The van der Waals surface area contributed by atoms with Gasteiger partial charge in [-0.25, -0.2) is 4.39 Å². The predicted molar refractivity (Wildman–Crippen MR) is 115 cm³/mol. The number of halogens is 2. The maximum atomic E-state index is 13.8. The van der Waals surface area contributed by atoms with E-state index in [1.165, 1.54) is 6.07 Å². The fraction of sp³-hybridized carbons (Fsp3) is 0.450. The second-order valence-corrected chi connectivity index (χ2v) is 8.57. The van der Waals surface area contributed by atoms with E-state index in [0.717, 1.165) is 12.1 Å². The molecule has 1 aliphatic rings. The van der Waals surface area contributed by atoms with Gasteiger partial charge in [-0.1, -0.05) is 25.4 Å². The van der Waals surface area contributed by atoms with Gasteiger partial charge in [-0.2, -0.15) is 0 Å². The minimum absolute atomic E-state index is 0.0586. The zero-order valence-corrected chi connectivity index (χ0v) is 19.1. The molecule has 0 saturated carbocycles. The number of hydrogen-bond donors (Lipinski definition) is 4. The van der Waals surface area contributed by atoms with Crippen molar-refractivity contribution in [2.45, 2.75) is 44.7 Å². The summed E-state index contributed by atoms with van der Waals surface area (Å²) in [5.41, 5.74) is -2.61. The molecule has 1 saturated heterocycles. The average molecular weight is 501 g/mol. The lowest BCUT2D eigenvalue weighted by Gasteiger charge is -2.24. The Labute approximate surface area is 199 Å². The van der Waals surface area contributed by atoms with Crippen molar-refractivity contribution in [3.63, 3.8) is 0 Å². The summed E-state index contributed by atoms with van der Waals surface area (Å²) in [6.07, 6.45) is -1.69. The highest BCUT2D eigenvalue weighted by Gasteiger charge is 2.57. The molecule has 1 fully saturated rings. The van der Waals surface area contributed by atoms with E-state index in [-0.39, 0.29) is 22.9 Å². The fourth-order valence-corrected chi connectivity index (χ4v) is 3.55. The zero-order valence-electron chi connectivity index (χ0n) is 18.3. The monoisotopic (exact) mass is 500 g/mol. The molecule has 14 heteroatoms. The third kappa shape index (κ3) is 7.16. The Kier molecular flexibility index (Phi) is 8.99. The SMILES string of the molecule is CC(C)CC(NC(=O)CNC(=O)c1cc(Cl)ccc1F)B1OC(=O)C(CC(=O)O)(CC(=O)O)O1. The first-order valence-corrected chi connectivity index (χ1v) is 10.6. The van der Waals surface area contributed by atoms with Gasteiger partial charge in [0.2, 0.25) is 5.91 Å². The Hall–Kier alpha value is -3.19. The molecule has 11 nitrogen and oxygen atoms in total. The normalized spacial score (nSPS) is 15.6. The van der Waals surface area contributed by atoms with Gasteiger partial charge in [-0.15, -0.1) is 0 Å². The Balaban J connectivity index is 2.10. The van der Waals surface area contributed by atoms with Crippen LogP contribution in [-0.4, -0.2) is 65.1 Å². The van der Waals surface area contributed by atoms with Crippen molar-refractivity contribution < 1.29 is 47.9 Å². The van der Waals surface area contributed by atoms with Crippen molar-refractivity contribution in [2.75, 3.05) is 6.54 Å². The second-order valence-electron chi connectivity index (χ2n) is 8.14. The van der Waals surface area contributed by atoms with Crippen molar-refractivity contribution in [3.05, 3.63) is 34.6 Å². The van der Waals surface area contributed by atoms with Gasteiger partial charge in [-0.3, -0.25) is 24.0 Å². The number of carbonyl (C=O) groups is 5. The molecule has 1 unspecified atom stereocenters. The molecule has 1 atom stereocenters. The summed E-state index contributed by atoms with van der Waals surface area (Å²) in [7, 11) is -1.46. The van der Waals surface area contributed by atoms with Crippen LogP contribution >= 0.6 is 11.6 Å². The third-order valence-corrected chi connectivity index (χ3v) is 5.03. The predicted octanol–water partition coefficient (Wildman–Crippen LogP) is 1.03. The van der Waals surface area contributed by atoms with Crippen LogP contribution in [-0.2, 0) is 28.5 Å². The number of carboxylic acid groups (broad SMARTS) is 2. The molecule has 2 rings (SSSR count). The van der Waals surface area contributed by atoms with Crippen molar-refractivity contribution in [1.29, 1.82) is 0 Å². The van der Waals surface area contributed by atoms with E-state index in [9.17, 15) is 28.4 Å². The molecule has 4 N–H and O–H groups in total. The van der Waals surface area contributed by atoms with Gasteiger partial charge >= 0.3 is 25.0 Å². The summed E-state index contributed by atoms with van der Waals surface area (Å²) in [5.74, 6) is -7.62. The Morgan fingerprint density at radius 1 is 1.18 bits per heavy atom. The lowest BCUT2D eigenvalue weighted by Crippen LogP contribution is -2.51. The largest absolute Gasteiger partial charge is 0.552 e. The van der Waals surface area contributed by atoms with Crippen molar-refractivity contribution >= 4 is 48.4 Å². The Morgan fingerprint density at radius 3 is 2.35 bits per heavy atom. The van der Waals surface area contributed by atoms with Gasteiger partial charge in [0.1, 0.15) is 5.82 Å². The highest BCUT2D eigenvalue weighted by Crippen LogP contribution is 2.32. The summed E-state index contributed by atoms with van der Waals surface area (Å²) < 4.78 is 24.4. The first-order valence-electron chi connectivity index (χ1n) is 10.2. The van der Waals surface area contributed by atoms with Crippen LogP contribution < -0.4 is 10.6 Å². The summed E-state index contributed by atoms with van der Waals surface area (Å²) in [4.78, 5) is 59.4. The molecule has 1 aromatic rings. The van der Waals surface area contributed by atoms with E-state index in [2.05, 4.69) is 10.6 Å². The molecule has 1 heterocycles. The number of benzene rings is 1. The van der Waals surface area contributed by atoms with E-state index in [1.54, 1.807) is 13.8 Å². The standard InChI is InChI=1S/C20H23BClFN2O9/c1-10(2)5-14(21-33-19(32)20(34-21,7-16(27)28)8-17(29)30)25-15(26)9-24-18(31)12-6-11(22)3-4-13(12)23/h3-4,6,10,14H,5,7-9H2,1-2H3,(H,24,31)(H,25,26)(H,27,28)(H,29,30). The van der Waals surface area contributed by atoms with Crippen LogP contribution in [0.1, 0.15) is 43.5 Å². The molecule has 0 radical (unpaired) electrons. The highest BCUT2D eigenvalue weighted by atomic mass is 35.5. The molecule has 1 aliphatic heterocycles. The molecule has 1 aromatic carbocycles. The maximum Gasteiger partial charge on any atom is 0.552 e. The van der Waals surface area contributed by atoms with Gasteiger partial charge in [0.25, 0.3) is 5.91 Å². The van der Waals surface area contributed by atoms with Crippen LogP contribution in [0.4, 0.5) is 4.39 Å². The van der Waals surface area contributed by atoms with Gasteiger partial charge in [0.05, 0.1) is 30.9 Å². The molecule has 0 aromatic heterocycles. The molecule has 0 aliphatic carbocycles. The highest BCUT2D eigenvalue weighted by molar-refractivity contribution is 6.51. The number of hydrogen-bond acceptors (Lipinski definition) is 7. The van der Waals surface area contributed by atoms with Crippen LogP contribution in [0.15, 0.2) is 18.2 Å². The van der Waals surface area contributed by atoms with Gasteiger partial charge in [-0.05, 0) is 30.5 Å². The van der Waals surface area contributed by atoms with Crippen LogP contribution in [0, 0.1) is 11.7 Å². The van der Waals surface area contributed by atoms with Crippen molar-refractivity contribution in [3.8, 4) is 0 Å². The van der Waals surface area contributed by atoms with E-state index >= 15 is 0 Å². The molecular formula is C20H23BClFN2O9. The molecule has 0 bridgehead atoms. The van der Waals surface area contributed by atoms with Crippen molar-refractivity contribution in [1.82, 2.24) is 10.6 Å². The molecular weight excluding hydrogens is 477 g/mol.